The van der Waals surface area contributed by atoms with E-state index in [-0.39, 0.29) is 18.1 Å². The molecule has 3 rings (SSSR count). The molecule has 0 saturated carbocycles. The molecule has 5 nitrogen and oxygen atoms in total. The van der Waals surface area contributed by atoms with Gasteiger partial charge in [-0.3, -0.25) is 10.1 Å². The highest BCUT2D eigenvalue weighted by Gasteiger charge is 2.43. The van der Waals surface area contributed by atoms with E-state index < -0.39 is 5.60 Å². The summed E-state index contributed by atoms with van der Waals surface area (Å²) in [6.07, 6.45) is 0.199. The topological polar surface area (TPSA) is 63.6 Å². The van der Waals surface area contributed by atoms with Crippen LogP contribution in [0.4, 0.5) is 9.52 Å². The molecule has 0 bridgehead atoms. The molecule has 7 heteroatoms. The van der Waals surface area contributed by atoms with E-state index in [0.29, 0.717) is 16.4 Å². The van der Waals surface area contributed by atoms with E-state index >= 15 is 0 Å². The molecule has 0 radical (unpaired) electrons. The molecule has 114 valence electrons. The maximum Gasteiger partial charge on any atom is 0.273 e. The number of hydrogen-bond acceptors (Lipinski definition) is 5. The van der Waals surface area contributed by atoms with Crippen LogP contribution in [-0.4, -0.2) is 22.2 Å². The third kappa shape index (κ3) is 2.71. The van der Waals surface area contributed by atoms with Gasteiger partial charge in [0.2, 0.25) is 5.60 Å². The Labute approximate surface area is 130 Å². The third-order valence-electron chi connectivity index (χ3n) is 3.37. The standard InChI is InChI=1S/C15H14FN3O2S/c1-9-8-22-14(17-9)18-13(20)15(2)7-12(19-21-15)10-5-3-4-6-11(10)16/h3-6,8H,7H2,1-2H3,(H,17,18,20)/t15-/m0/s1. The molecule has 1 aliphatic heterocycles. The first-order chi connectivity index (χ1) is 10.5. The number of oxime groups is 1. The van der Waals surface area contributed by atoms with Crippen LogP contribution in [0.1, 0.15) is 24.6 Å². The monoisotopic (exact) mass is 319 g/mol. The minimum atomic E-state index is -1.17. The second-order valence-corrected chi connectivity index (χ2v) is 6.12. The average molecular weight is 319 g/mol. The van der Waals surface area contributed by atoms with E-state index in [0.717, 1.165) is 5.69 Å². The van der Waals surface area contributed by atoms with Crippen molar-refractivity contribution in [3.8, 4) is 0 Å². The number of thiazole rings is 1. The van der Waals surface area contributed by atoms with Crippen molar-refractivity contribution >= 4 is 28.1 Å². The van der Waals surface area contributed by atoms with Gasteiger partial charge in [-0.15, -0.1) is 11.3 Å². The van der Waals surface area contributed by atoms with Crippen LogP contribution in [-0.2, 0) is 9.63 Å². The number of aryl methyl sites for hydroxylation is 1. The van der Waals surface area contributed by atoms with E-state index in [1.165, 1.54) is 17.4 Å². The van der Waals surface area contributed by atoms with Gasteiger partial charge in [0, 0.05) is 17.4 Å². The highest BCUT2D eigenvalue weighted by Crippen LogP contribution is 2.29. The fraction of sp³-hybridized carbons (Fsp3) is 0.267. The average Bonchev–Trinajstić information content (AvgIpc) is 3.07. The van der Waals surface area contributed by atoms with Crippen LogP contribution in [0.15, 0.2) is 34.8 Å². The quantitative estimate of drug-likeness (QED) is 0.945. The summed E-state index contributed by atoms with van der Waals surface area (Å²) in [5.41, 5.74) is 0.438. The summed E-state index contributed by atoms with van der Waals surface area (Å²) in [7, 11) is 0. The Bertz CT molecular complexity index is 759. The first-order valence-corrected chi connectivity index (χ1v) is 7.59. The molecular formula is C15H14FN3O2S. The first-order valence-electron chi connectivity index (χ1n) is 6.71. The van der Waals surface area contributed by atoms with Crippen LogP contribution >= 0.6 is 11.3 Å². The van der Waals surface area contributed by atoms with Gasteiger partial charge < -0.3 is 4.84 Å². The van der Waals surface area contributed by atoms with E-state index in [2.05, 4.69) is 15.5 Å². The van der Waals surface area contributed by atoms with Gasteiger partial charge in [-0.05, 0) is 19.9 Å². The predicted octanol–water partition coefficient (Wildman–Crippen LogP) is 3.11. The Balaban J connectivity index is 1.74. The number of amides is 1. The Morgan fingerprint density at radius 1 is 1.45 bits per heavy atom. The molecule has 1 N–H and O–H groups in total. The SMILES string of the molecule is Cc1csc(NC(=O)[C@]2(C)CC(c3ccccc3F)=NO2)n1. The van der Waals surface area contributed by atoms with E-state index in [1.807, 2.05) is 12.3 Å². The Hall–Kier alpha value is -2.28. The first kappa shape index (κ1) is 14.6. The van der Waals surface area contributed by atoms with Crippen LogP contribution in [0.25, 0.3) is 0 Å². The molecule has 0 spiro atoms. The number of benzene rings is 1. The zero-order valence-corrected chi connectivity index (χ0v) is 12.9. The van der Waals surface area contributed by atoms with Gasteiger partial charge in [-0.2, -0.15) is 0 Å². The van der Waals surface area contributed by atoms with Crippen LogP contribution in [0.2, 0.25) is 0 Å². The molecule has 0 fully saturated rings. The van der Waals surface area contributed by atoms with Gasteiger partial charge >= 0.3 is 0 Å². The van der Waals surface area contributed by atoms with Gasteiger partial charge in [-0.25, -0.2) is 9.37 Å². The van der Waals surface area contributed by atoms with Crippen LogP contribution in [0, 0.1) is 12.7 Å². The van der Waals surface area contributed by atoms with Crippen molar-refractivity contribution < 1.29 is 14.0 Å². The number of nitrogens with zero attached hydrogens (tertiary/aromatic N) is 2. The molecule has 1 aromatic heterocycles. The number of carbonyl (C=O) groups is 1. The van der Waals surface area contributed by atoms with Crippen molar-refractivity contribution in [1.29, 1.82) is 0 Å². The molecule has 2 heterocycles. The third-order valence-corrected chi connectivity index (χ3v) is 4.24. The van der Waals surface area contributed by atoms with E-state index in [1.54, 1.807) is 25.1 Å². The molecule has 1 atom stereocenters. The molecule has 1 aliphatic rings. The van der Waals surface area contributed by atoms with Crippen molar-refractivity contribution in [2.24, 2.45) is 5.16 Å². The molecule has 2 aromatic rings. The fourth-order valence-corrected chi connectivity index (χ4v) is 2.83. The lowest BCUT2D eigenvalue weighted by Gasteiger charge is -2.19. The fourth-order valence-electron chi connectivity index (χ4n) is 2.14. The van der Waals surface area contributed by atoms with Gasteiger partial charge in [0.05, 0.1) is 11.4 Å². The van der Waals surface area contributed by atoms with Crippen molar-refractivity contribution in [1.82, 2.24) is 4.98 Å². The summed E-state index contributed by atoms with van der Waals surface area (Å²) in [5, 5.41) is 8.94. The lowest BCUT2D eigenvalue weighted by molar-refractivity contribution is -0.135. The number of hydrogen-bond donors (Lipinski definition) is 1. The van der Waals surface area contributed by atoms with Crippen LogP contribution in [0.5, 0.6) is 0 Å². The Morgan fingerprint density at radius 3 is 2.91 bits per heavy atom. The van der Waals surface area contributed by atoms with Gasteiger partial charge in [0.15, 0.2) is 5.13 Å². The van der Waals surface area contributed by atoms with E-state index in [9.17, 15) is 9.18 Å². The van der Waals surface area contributed by atoms with Gasteiger partial charge in [0.1, 0.15) is 5.82 Å². The number of carbonyl (C=O) groups excluding carboxylic acids is 1. The summed E-state index contributed by atoms with van der Waals surface area (Å²) in [4.78, 5) is 21.8. The van der Waals surface area contributed by atoms with Crippen LogP contribution in [0.3, 0.4) is 0 Å². The number of halogens is 1. The zero-order valence-electron chi connectivity index (χ0n) is 12.1. The molecular weight excluding hydrogens is 305 g/mol. The lowest BCUT2D eigenvalue weighted by atomic mass is 9.95. The normalized spacial score (nSPS) is 20.4. The molecule has 0 unspecified atom stereocenters. The van der Waals surface area contributed by atoms with Crippen molar-refractivity contribution in [2.45, 2.75) is 25.9 Å². The number of nitrogens with one attached hydrogen (secondary N) is 1. The largest absolute Gasteiger partial charge is 0.379 e. The summed E-state index contributed by atoms with van der Waals surface area (Å²) in [6, 6.07) is 6.29. The summed E-state index contributed by atoms with van der Waals surface area (Å²) in [5.74, 6) is -0.734. The van der Waals surface area contributed by atoms with Gasteiger partial charge in [-0.1, -0.05) is 23.4 Å². The molecule has 22 heavy (non-hydrogen) atoms. The number of aromatic nitrogens is 1. The molecule has 1 amide bonds. The number of anilines is 1. The van der Waals surface area contributed by atoms with E-state index in [4.69, 9.17) is 4.84 Å². The Morgan fingerprint density at radius 2 is 2.23 bits per heavy atom. The molecule has 0 aliphatic carbocycles. The zero-order chi connectivity index (χ0) is 15.7. The highest BCUT2D eigenvalue weighted by molar-refractivity contribution is 7.13. The maximum absolute atomic E-state index is 13.8. The summed E-state index contributed by atoms with van der Waals surface area (Å²) in [6.45, 7) is 3.47. The van der Waals surface area contributed by atoms with Crippen molar-refractivity contribution in [3.05, 3.63) is 46.7 Å². The summed E-state index contributed by atoms with van der Waals surface area (Å²) < 4.78 is 13.8. The summed E-state index contributed by atoms with van der Waals surface area (Å²) >= 11 is 1.34. The predicted molar refractivity (Wildman–Crippen MR) is 82.5 cm³/mol. The number of rotatable bonds is 3. The second-order valence-electron chi connectivity index (χ2n) is 5.26. The lowest BCUT2D eigenvalue weighted by Crippen LogP contribution is -2.40. The minimum Gasteiger partial charge on any atom is -0.379 e. The van der Waals surface area contributed by atoms with Crippen molar-refractivity contribution in [3.63, 3.8) is 0 Å². The minimum absolute atomic E-state index is 0.199. The highest BCUT2D eigenvalue weighted by atomic mass is 32.1. The maximum atomic E-state index is 13.8. The molecule has 1 aromatic carbocycles. The smallest absolute Gasteiger partial charge is 0.273 e. The van der Waals surface area contributed by atoms with Gasteiger partial charge in [0.25, 0.3) is 5.91 Å². The molecule has 0 saturated heterocycles. The van der Waals surface area contributed by atoms with Crippen molar-refractivity contribution in [2.75, 3.05) is 5.32 Å². The Kier molecular flexibility index (Phi) is 3.66. The van der Waals surface area contributed by atoms with Crippen LogP contribution < -0.4 is 5.32 Å². The second kappa shape index (κ2) is 5.49.